The van der Waals surface area contributed by atoms with Crippen molar-refractivity contribution < 1.29 is 13.3 Å². The molecule has 12 heavy (non-hydrogen) atoms. The standard InChI is InChI=1S/C4H12OSi.C3H10O2Si/c1-2-3-4-5-6;1-4-6(3)5-2/h2-4H2,1,6H3;6H,1-3H3. The molecule has 0 rings (SSSR count). The van der Waals surface area contributed by atoms with Gasteiger partial charge in [-0.15, -0.1) is 0 Å². The van der Waals surface area contributed by atoms with Gasteiger partial charge in [0.05, 0.1) is 0 Å². The van der Waals surface area contributed by atoms with Crippen LogP contribution in [0.4, 0.5) is 0 Å². The van der Waals surface area contributed by atoms with Crippen molar-refractivity contribution >= 4 is 19.8 Å². The minimum absolute atomic E-state index is 0.903. The average Bonchev–Trinajstić information content (AvgIpc) is 2.14. The first-order valence-corrected chi connectivity index (χ1v) is 7.18. The fraction of sp³-hybridized carbons (Fsp3) is 1.00. The van der Waals surface area contributed by atoms with Crippen LogP contribution >= 0.6 is 0 Å². The molecule has 0 aliphatic carbocycles. The molecule has 0 amide bonds. The topological polar surface area (TPSA) is 27.7 Å². The first kappa shape index (κ1) is 14.8. The maximum absolute atomic E-state index is 4.92. The van der Waals surface area contributed by atoms with E-state index in [9.17, 15) is 0 Å². The molecule has 0 unspecified atom stereocenters. The molecular weight excluding hydrogens is 188 g/mol. The van der Waals surface area contributed by atoms with E-state index >= 15 is 0 Å². The predicted octanol–water partition coefficient (Wildman–Crippen LogP) is 0.213. The Morgan fingerprint density at radius 3 is 1.83 bits per heavy atom. The van der Waals surface area contributed by atoms with Crippen LogP contribution in [0, 0.1) is 0 Å². The summed E-state index contributed by atoms with van der Waals surface area (Å²) in [6, 6.07) is 0. The van der Waals surface area contributed by atoms with Crippen molar-refractivity contribution in [2.45, 2.75) is 26.3 Å². The van der Waals surface area contributed by atoms with Gasteiger partial charge in [-0.2, -0.15) is 0 Å². The van der Waals surface area contributed by atoms with Crippen LogP contribution in [0.1, 0.15) is 19.8 Å². The van der Waals surface area contributed by atoms with Gasteiger partial charge in [0.2, 0.25) is 0 Å². The highest BCUT2D eigenvalue weighted by atomic mass is 28.3. The van der Waals surface area contributed by atoms with Crippen LogP contribution < -0.4 is 0 Å². The molecule has 0 aliphatic rings. The molecule has 0 N–H and O–H groups in total. The summed E-state index contributed by atoms with van der Waals surface area (Å²) >= 11 is 0. The van der Waals surface area contributed by atoms with E-state index in [1.807, 2.05) is 6.55 Å². The van der Waals surface area contributed by atoms with Crippen LogP contribution in [0.5, 0.6) is 0 Å². The summed E-state index contributed by atoms with van der Waals surface area (Å²) in [6.45, 7) is 5.11. The summed E-state index contributed by atoms with van der Waals surface area (Å²) < 4.78 is 14.6. The molecule has 0 aromatic heterocycles. The van der Waals surface area contributed by atoms with Crippen molar-refractivity contribution in [3.05, 3.63) is 0 Å². The minimum atomic E-state index is -1.16. The molecule has 3 nitrogen and oxygen atoms in total. The van der Waals surface area contributed by atoms with E-state index in [0.717, 1.165) is 17.1 Å². The molecule has 0 aromatic rings. The first-order valence-electron chi connectivity index (χ1n) is 4.27. The van der Waals surface area contributed by atoms with Crippen molar-refractivity contribution in [1.82, 2.24) is 0 Å². The molecular formula is C7H22O3Si2. The molecule has 0 atom stereocenters. The normalized spacial score (nSPS) is 9.75. The van der Waals surface area contributed by atoms with E-state index in [4.69, 9.17) is 13.3 Å². The van der Waals surface area contributed by atoms with Gasteiger partial charge in [0.1, 0.15) is 10.5 Å². The lowest BCUT2D eigenvalue weighted by Crippen LogP contribution is -2.12. The van der Waals surface area contributed by atoms with Crippen LogP contribution in [-0.4, -0.2) is 40.6 Å². The van der Waals surface area contributed by atoms with Crippen LogP contribution in [0.3, 0.4) is 0 Å². The lowest BCUT2D eigenvalue weighted by Gasteiger charge is -2.00. The SMILES string of the molecule is CCCCO[SiH3].CO[SiH](C)OC. The molecule has 0 heterocycles. The molecule has 0 spiro atoms. The number of hydrogen-bond acceptors (Lipinski definition) is 3. The third kappa shape index (κ3) is 16.7. The molecule has 76 valence electrons. The Morgan fingerprint density at radius 1 is 1.25 bits per heavy atom. The molecule has 0 aliphatic heterocycles. The Kier molecular flexibility index (Phi) is 17.1. The zero-order chi connectivity index (χ0) is 9.82. The lowest BCUT2D eigenvalue weighted by molar-refractivity contribution is 0.285. The third-order valence-corrected chi connectivity index (χ3v) is 3.10. The highest BCUT2D eigenvalue weighted by Gasteiger charge is 1.94. The Hall–Kier alpha value is 0.314. The second kappa shape index (κ2) is 13.9. The smallest absolute Gasteiger partial charge is 0.317 e. The van der Waals surface area contributed by atoms with Gasteiger partial charge in [-0.25, -0.2) is 0 Å². The van der Waals surface area contributed by atoms with Crippen molar-refractivity contribution in [3.63, 3.8) is 0 Å². The summed E-state index contributed by atoms with van der Waals surface area (Å²) in [5.74, 6) is 0. The van der Waals surface area contributed by atoms with Gasteiger partial charge in [-0.05, 0) is 13.0 Å². The van der Waals surface area contributed by atoms with Gasteiger partial charge >= 0.3 is 9.28 Å². The average molecular weight is 210 g/mol. The highest BCUT2D eigenvalue weighted by molar-refractivity contribution is 6.42. The van der Waals surface area contributed by atoms with Gasteiger partial charge in [-0.3, -0.25) is 0 Å². The summed E-state index contributed by atoms with van der Waals surface area (Å²) in [6.07, 6.45) is 2.48. The summed E-state index contributed by atoms with van der Waals surface area (Å²) in [4.78, 5) is 0. The zero-order valence-corrected chi connectivity index (χ0v) is 12.1. The fourth-order valence-electron chi connectivity index (χ4n) is 0.385. The first-order chi connectivity index (χ1) is 5.72. The van der Waals surface area contributed by atoms with E-state index in [1.54, 1.807) is 14.2 Å². The molecule has 5 heteroatoms. The molecule has 0 fully saturated rings. The molecule has 0 radical (unpaired) electrons. The fourth-order valence-corrected chi connectivity index (χ4v) is 0.866. The van der Waals surface area contributed by atoms with E-state index in [-0.39, 0.29) is 0 Å². The van der Waals surface area contributed by atoms with Gasteiger partial charge in [0.15, 0.2) is 0 Å². The summed E-state index contributed by atoms with van der Waals surface area (Å²) in [5.41, 5.74) is 0. The van der Waals surface area contributed by atoms with Crippen molar-refractivity contribution in [2.24, 2.45) is 0 Å². The van der Waals surface area contributed by atoms with E-state index < -0.39 is 9.28 Å². The monoisotopic (exact) mass is 210 g/mol. The zero-order valence-electron chi connectivity index (χ0n) is 8.92. The lowest BCUT2D eigenvalue weighted by atomic mass is 10.4. The number of unbranched alkanes of at least 4 members (excludes halogenated alkanes) is 1. The van der Waals surface area contributed by atoms with E-state index in [1.165, 1.54) is 12.8 Å². The van der Waals surface area contributed by atoms with Crippen molar-refractivity contribution in [1.29, 1.82) is 0 Å². The largest absolute Gasteiger partial charge is 0.428 e. The third-order valence-electron chi connectivity index (χ3n) is 1.37. The second-order valence-corrected chi connectivity index (χ2v) is 5.04. The van der Waals surface area contributed by atoms with Crippen LogP contribution in [0.25, 0.3) is 0 Å². The van der Waals surface area contributed by atoms with Gasteiger partial charge in [0.25, 0.3) is 0 Å². The Labute approximate surface area is 80.8 Å². The van der Waals surface area contributed by atoms with Gasteiger partial charge < -0.3 is 13.3 Å². The van der Waals surface area contributed by atoms with Crippen LogP contribution in [0.2, 0.25) is 6.55 Å². The van der Waals surface area contributed by atoms with Crippen molar-refractivity contribution in [2.75, 3.05) is 20.8 Å². The Balaban J connectivity index is 0. The highest BCUT2D eigenvalue weighted by Crippen LogP contribution is 1.82. The molecule has 0 saturated carbocycles. The van der Waals surface area contributed by atoms with Gasteiger partial charge in [-0.1, -0.05) is 13.3 Å². The van der Waals surface area contributed by atoms with E-state index in [2.05, 4.69) is 6.92 Å². The Bertz CT molecular complexity index is 65.7. The molecule has 0 saturated heterocycles. The maximum Gasteiger partial charge on any atom is 0.317 e. The van der Waals surface area contributed by atoms with Gasteiger partial charge in [0, 0.05) is 20.8 Å². The maximum atomic E-state index is 4.92. The summed E-state index contributed by atoms with van der Waals surface area (Å²) in [7, 11) is 3.08. The van der Waals surface area contributed by atoms with Crippen LogP contribution in [-0.2, 0) is 13.3 Å². The number of hydrogen-bond donors (Lipinski definition) is 0. The molecule has 0 aromatic carbocycles. The number of rotatable bonds is 5. The minimum Gasteiger partial charge on any atom is -0.428 e. The molecule has 0 bridgehead atoms. The second-order valence-electron chi connectivity index (χ2n) is 2.39. The predicted molar refractivity (Wildman–Crippen MR) is 57.8 cm³/mol. The quantitative estimate of drug-likeness (QED) is 0.480. The van der Waals surface area contributed by atoms with Crippen molar-refractivity contribution in [3.8, 4) is 0 Å². The summed E-state index contributed by atoms with van der Waals surface area (Å²) in [5, 5.41) is 0. The van der Waals surface area contributed by atoms with E-state index in [0.29, 0.717) is 0 Å². The van der Waals surface area contributed by atoms with Crippen LogP contribution in [0.15, 0.2) is 0 Å². The Morgan fingerprint density at radius 2 is 1.75 bits per heavy atom.